The van der Waals surface area contributed by atoms with Gasteiger partial charge in [-0.15, -0.1) is 0 Å². The first-order valence-corrected chi connectivity index (χ1v) is 8.11. The highest BCUT2D eigenvalue weighted by Crippen LogP contribution is 2.31. The van der Waals surface area contributed by atoms with Crippen molar-refractivity contribution in [1.29, 1.82) is 0 Å². The third-order valence-electron chi connectivity index (χ3n) is 4.16. The molecule has 0 aliphatic carbocycles. The van der Waals surface area contributed by atoms with E-state index in [0.717, 1.165) is 6.07 Å². The van der Waals surface area contributed by atoms with Crippen LogP contribution >= 0.6 is 0 Å². The molecular weight excluding hydrogens is 353 g/mol. The average Bonchev–Trinajstić information content (AvgIpc) is 2.70. The molecule has 2 aromatic heterocycles. The normalized spacial score (nSPS) is 11.0. The largest absolute Gasteiger partial charge is 0.373 e. The molecule has 4 aromatic rings. The van der Waals surface area contributed by atoms with Crippen LogP contribution in [-0.2, 0) is 0 Å². The zero-order valence-corrected chi connectivity index (χ0v) is 14.2. The van der Waals surface area contributed by atoms with Crippen molar-refractivity contribution in [3.8, 4) is 22.5 Å². The van der Waals surface area contributed by atoms with Gasteiger partial charge in [0.25, 0.3) is 0 Å². The number of pyridine rings is 1. The number of halogens is 3. The van der Waals surface area contributed by atoms with Crippen LogP contribution in [0.3, 0.4) is 0 Å². The van der Waals surface area contributed by atoms with Crippen LogP contribution in [0.1, 0.15) is 0 Å². The molecule has 0 saturated heterocycles. The minimum absolute atomic E-state index is 0.165. The smallest absolute Gasteiger partial charge is 0.166 e. The predicted octanol–water partition coefficient (Wildman–Crippen LogP) is 4.82. The van der Waals surface area contributed by atoms with Crippen molar-refractivity contribution >= 4 is 16.7 Å². The molecule has 134 valence electrons. The molecule has 0 bridgehead atoms. The van der Waals surface area contributed by atoms with E-state index in [1.165, 1.54) is 0 Å². The van der Waals surface area contributed by atoms with Crippen LogP contribution in [0.2, 0.25) is 0 Å². The quantitative estimate of drug-likeness (QED) is 0.528. The highest BCUT2D eigenvalue weighted by Gasteiger charge is 2.15. The van der Waals surface area contributed by atoms with Gasteiger partial charge in [0, 0.05) is 42.0 Å². The summed E-state index contributed by atoms with van der Waals surface area (Å²) in [6.45, 7) is 0. The van der Waals surface area contributed by atoms with Crippen LogP contribution in [0.25, 0.3) is 33.4 Å². The summed E-state index contributed by atoms with van der Waals surface area (Å²) in [4.78, 5) is 13.1. The lowest BCUT2D eigenvalue weighted by molar-refractivity contribution is 0.497. The molecule has 0 unspecified atom stereocenters. The number of aromatic nitrogens is 3. The SMILES string of the molecule is CNc1nc(-c2cccnc2)nc2cc(-c3cc(F)cc(F)c3F)ccc12. The van der Waals surface area contributed by atoms with Crippen LogP contribution in [0.15, 0.2) is 54.9 Å². The third kappa shape index (κ3) is 3.08. The summed E-state index contributed by atoms with van der Waals surface area (Å²) in [5, 5.41) is 3.70. The maximum absolute atomic E-state index is 14.2. The van der Waals surface area contributed by atoms with Crippen LogP contribution in [-0.4, -0.2) is 22.0 Å². The van der Waals surface area contributed by atoms with E-state index in [-0.39, 0.29) is 5.56 Å². The minimum atomic E-state index is -1.24. The number of nitrogens with one attached hydrogen (secondary N) is 1. The Morgan fingerprint density at radius 3 is 2.52 bits per heavy atom. The molecule has 4 rings (SSSR count). The van der Waals surface area contributed by atoms with Crippen LogP contribution in [0.4, 0.5) is 19.0 Å². The standard InChI is InChI=1S/C20H13F3N4/c1-24-20-14-5-4-11(15-8-13(21)9-16(22)18(15)23)7-17(14)26-19(27-20)12-3-2-6-25-10-12/h2-10H,1H3,(H,24,26,27). The lowest BCUT2D eigenvalue weighted by Gasteiger charge is -2.10. The summed E-state index contributed by atoms with van der Waals surface area (Å²) in [5.74, 6) is -2.18. The summed E-state index contributed by atoms with van der Waals surface area (Å²) in [6.07, 6.45) is 3.27. The molecule has 2 aromatic carbocycles. The van der Waals surface area contributed by atoms with Gasteiger partial charge in [0.2, 0.25) is 0 Å². The number of rotatable bonds is 3. The van der Waals surface area contributed by atoms with Crippen molar-refractivity contribution in [2.75, 3.05) is 12.4 Å². The highest BCUT2D eigenvalue weighted by atomic mass is 19.2. The van der Waals surface area contributed by atoms with Crippen molar-refractivity contribution in [3.05, 3.63) is 72.3 Å². The third-order valence-corrected chi connectivity index (χ3v) is 4.16. The van der Waals surface area contributed by atoms with Gasteiger partial charge in [-0.3, -0.25) is 4.98 Å². The minimum Gasteiger partial charge on any atom is -0.373 e. The second-order valence-corrected chi connectivity index (χ2v) is 5.87. The zero-order valence-electron chi connectivity index (χ0n) is 14.2. The summed E-state index contributed by atoms with van der Waals surface area (Å²) in [5.41, 5.74) is 1.37. The molecule has 4 nitrogen and oxygen atoms in total. The molecular formula is C20H13F3N4. The van der Waals surface area contributed by atoms with E-state index in [2.05, 4.69) is 20.3 Å². The Morgan fingerprint density at radius 2 is 1.78 bits per heavy atom. The monoisotopic (exact) mass is 366 g/mol. The molecule has 0 atom stereocenters. The van der Waals surface area contributed by atoms with Crippen molar-refractivity contribution in [2.24, 2.45) is 0 Å². The Labute approximate surface area is 152 Å². The first-order valence-electron chi connectivity index (χ1n) is 8.11. The molecule has 0 aliphatic heterocycles. The first kappa shape index (κ1) is 17.0. The van der Waals surface area contributed by atoms with Crippen LogP contribution < -0.4 is 5.32 Å². The Bertz CT molecular complexity index is 1150. The van der Waals surface area contributed by atoms with Gasteiger partial charge in [-0.1, -0.05) is 6.07 Å². The van der Waals surface area contributed by atoms with Crippen molar-refractivity contribution in [3.63, 3.8) is 0 Å². The van der Waals surface area contributed by atoms with Crippen molar-refractivity contribution < 1.29 is 13.2 Å². The Balaban J connectivity index is 1.94. The molecule has 27 heavy (non-hydrogen) atoms. The average molecular weight is 366 g/mol. The topological polar surface area (TPSA) is 50.7 Å². The molecule has 0 aliphatic rings. The van der Waals surface area contributed by atoms with Gasteiger partial charge in [-0.2, -0.15) is 0 Å². The maximum Gasteiger partial charge on any atom is 0.166 e. The lowest BCUT2D eigenvalue weighted by Crippen LogP contribution is -1.99. The summed E-state index contributed by atoms with van der Waals surface area (Å²) < 4.78 is 41.3. The molecule has 1 N–H and O–H groups in total. The van der Waals surface area contributed by atoms with Gasteiger partial charge in [0.05, 0.1) is 5.52 Å². The number of anilines is 1. The fourth-order valence-corrected chi connectivity index (χ4v) is 2.88. The number of fused-ring (bicyclic) bond motifs is 1. The van der Waals surface area contributed by atoms with E-state index in [1.807, 2.05) is 6.07 Å². The van der Waals surface area contributed by atoms with Gasteiger partial charge in [0.15, 0.2) is 17.5 Å². The maximum atomic E-state index is 14.2. The summed E-state index contributed by atoms with van der Waals surface area (Å²) in [6, 6.07) is 9.90. The van der Waals surface area contributed by atoms with Crippen molar-refractivity contribution in [1.82, 2.24) is 15.0 Å². The number of hydrogen-bond acceptors (Lipinski definition) is 4. The van der Waals surface area contributed by atoms with Gasteiger partial charge >= 0.3 is 0 Å². The fourth-order valence-electron chi connectivity index (χ4n) is 2.88. The zero-order chi connectivity index (χ0) is 19.0. The van der Waals surface area contributed by atoms with Crippen molar-refractivity contribution in [2.45, 2.75) is 0 Å². The van der Waals surface area contributed by atoms with Crippen LogP contribution in [0.5, 0.6) is 0 Å². The van der Waals surface area contributed by atoms with Gasteiger partial charge < -0.3 is 5.32 Å². The summed E-state index contributed by atoms with van der Waals surface area (Å²) in [7, 11) is 1.73. The second-order valence-electron chi connectivity index (χ2n) is 5.87. The van der Waals surface area contributed by atoms with Gasteiger partial charge in [0.1, 0.15) is 11.6 Å². The predicted molar refractivity (Wildman–Crippen MR) is 97.6 cm³/mol. The number of nitrogens with zero attached hydrogens (tertiary/aromatic N) is 3. The van der Waals surface area contributed by atoms with E-state index < -0.39 is 17.5 Å². The number of benzene rings is 2. The van der Waals surface area contributed by atoms with E-state index in [0.29, 0.717) is 39.7 Å². The number of hydrogen-bond donors (Lipinski definition) is 1. The van der Waals surface area contributed by atoms with E-state index >= 15 is 0 Å². The highest BCUT2D eigenvalue weighted by molar-refractivity contribution is 5.93. The summed E-state index contributed by atoms with van der Waals surface area (Å²) >= 11 is 0. The Kier molecular flexibility index (Phi) is 4.19. The Morgan fingerprint density at radius 1 is 0.926 bits per heavy atom. The van der Waals surface area contributed by atoms with E-state index in [4.69, 9.17) is 0 Å². The van der Waals surface area contributed by atoms with Crippen LogP contribution in [0, 0.1) is 17.5 Å². The molecule has 0 amide bonds. The first-order chi connectivity index (χ1) is 13.1. The van der Waals surface area contributed by atoms with E-state index in [9.17, 15) is 13.2 Å². The molecule has 2 heterocycles. The molecule has 0 radical (unpaired) electrons. The van der Waals surface area contributed by atoms with E-state index in [1.54, 1.807) is 43.7 Å². The Hall–Kier alpha value is -3.48. The fraction of sp³-hybridized carbons (Fsp3) is 0.0500. The van der Waals surface area contributed by atoms with Gasteiger partial charge in [-0.25, -0.2) is 23.1 Å². The lowest BCUT2D eigenvalue weighted by atomic mass is 10.0. The van der Waals surface area contributed by atoms with Gasteiger partial charge in [-0.05, 0) is 35.9 Å². The molecule has 0 saturated carbocycles. The molecule has 7 heteroatoms. The molecule has 0 spiro atoms. The molecule has 0 fully saturated rings. The second kappa shape index (κ2) is 6.68.